The summed E-state index contributed by atoms with van der Waals surface area (Å²) in [5.74, 6) is 2.63. The molecule has 0 spiro atoms. The van der Waals surface area contributed by atoms with E-state index in [0.29, 0.717) is 16.6 Å². The first-order valence-electron chi connectivity index (χ1n) is 7.17. The van der Waals surface area contributed by atoms with Crippen LogP contribution in [0.15, 0.2) is 11.2 Å². The lowest BCUT2D eigenvalue weighted by molar-refractivity contribution is 0.0107. The molecule has 0 N–H and O–H groups in total. The van der Waals surface area contributed by atoms with Gasteiger partial charge in [-0.1, -0.05) is 45.5 Å². The molecule has 2 atom stereocenters. The molecule has 0 radical (unpaired) electrons. The second-order valence-electron chi connectivity index (χ2n) is 6.73. The van der Waals surface area contributed by atoms with Crippen LogP contribution in [0.4, 0.5) is 0 Å². The fraction of sp³-hybridized carbons (Fsp3) is 0.733. The van der Waals surface area contributed by atoms with Crippen LogP contribution in [0.1, 0.15) is 46.4 Å². The van der Waals surface area contributed by atoms with Gasteiger partial charge in [0.05, 0.1) is 0 Å². The molecule has 2 unspecified atom stereocenters. The van der Waals surface area contributed by atoms with E-state index in [1.807, 2.05) is 0 Å². The molecule has 1 aromatic heterocycles. The summed E-state index contributed by atoms with van der Waals surface area (Å²) in [7, 11) is 2.10. The SMILES string of the molecule is CC(C)Sc1nnc(C2=CCC3CC2C3(C)C)n1C. The Bertz CT molecular complexity index is 527. The van der Waals surface area contributed by atoms with Crippen LogP contribution in [0.2, 0.25) is 0 Å². The average molecular weight is 277 g/mol. The summed E-state index contributed by atoms with van der Waals surface area (Å²) in [5, 5.41) is 10.4. The zero-order valence-corrected chi connectivity index (χ0v) is 13.3. The van der Waals surface area contributed by atoms with Gasteiger partial charge in [-0.15, -0.1) is 10.2 Å². The number of allylic oxidation sites excluding steroid dienone is 2. The van der Waals surface area contributed by atoms with Crippen LogP contribution in [0.5, 0.6) is 0 Å². The minimum Gasteiger partial charge on any atom is -0.305 e. The second-order valence-corrected chi connectivity index (χ2v) is 8.28. The minimum atomic E-state index is 0.446. The van der Waals surface area contributed by atoms with Crippen molar-refractivity contribution in [3.8, 4) is 0 Å². The molecule has 4 heteroatoms. The Morgan fingerprint density at radius 3 is 2.68 bits per heavy atom. The van der Waals surface area contributed by atoms with Crippen molar-refractivity contribution in [1.82, 2.24) is 14.8 Å². The van der Waals surface area contributed by atoms with E-state index in [4.69, 9.17) is 0 Å². The summed E-state index contributed by atoms with van der Waals surface area (Å²) in [5.41, 5.74) is 1.87. The largest absolute Gasteiger partial charge is 0.305 e. The Hall–Kier alpha value is -0.770. The van der Waals surface area contributed by atoms with Crippen molar-refractivity contribution >= 4 is 17.3 Å². The molecule has 3 aliphatic carbocycles. The van der Waals surface area contributed by atoms with E-state index in [1.165, 1.54) is 18.4 Å². The molecule has 1 fully saturated rings. The molecular formula is C15H23N3S. The van der Waals surface area contributed by atoms with Crippen LogP contribution in [0.25, 0.3) is 5.57 Å². The molecule has 0 aliphatic heterocycles. The van der Waals surface area contributed by atoms with Crippen molar-refractivity contribution in [2.24, 2.45) is 24.3 Å². The van der Waals surface area contributed by atoms with Gasteiger partial charge in [-0.2, -0.15) is 0 Å². The summed E-state index contributed by atoms with van der Waals surface area (Å²) in [6, 6.07) is 0. The Kier molecular flexibility index (Phi) is 3.04. The van der Waals surface area contributed by atoms with Gasteiger partial charge < -0.3 is 4.57 Å². The van der Waals surface area contributed by atoms with Gasteiger partial charge in [0.25, 0.3) is 0 Å². The van der Waals surface area contributed by atoms with Crippen molar-refractivity contribution in [3.63, 3.8) is 0 Å². The molecule has 0 saturated heterocycles. The fourth-order valence-corrected chi connectivity index (χ4v) is 4.24. The van der Waals surface area contributed by atoms with Gasteiger partial charge in [-0.3, -0.25) is 0 Å². The highest BCUT2D eigenvalue weighted by Gasteiger charge is 2.52. The van der Waals surface area contributed by atoms with Crippen molar-refractivity contribution in [2.75, 3.05) is 0 Å². The lowest BCUT2D eigenvalue weighted by atomic mass is 9.49. The zero-order valence-electron chi connectivity index (χ0n) is 12.5. The van der Waals surface area contributed by atoms with Gasteiger partial charge in [0, 0.05) is 12.3 Å². The first kappa shape index (κ1) is 13.2. The Labute approximate surface area is 119 Å². The number of aromatic nitrogens is 3. The molecule has 19 heavy (non-hydrogen) atoms. The van der Waals surface area contributed by atoms with E-state index >= 15 is 0 Å². The van der Waals surface area contributed by atoms with E-state index in [1.54, 1.807) is 11.8 Å². The van der Waals surface area contributed by atoms with Crippen LogP contribution in [-0.2, 0) is 7.05 Å². The van der Waals surface area contributed by atoms with Gasteiger partial charge >= 0.3 is 0 Å². The number of hydrogen-bond donors (Lipinski definition) is 0. The van der Waals surface area contributed by atoms with Crippen molar-refractivity contribution in [1.29, 1.82) is 0 Å². The minimum absolute atomic E-state index is 0.446. The molecule has 0 aromatic carbocycles. The third-order valence-electron chi connectivity index (χ3n) is 4.90. The number of hydrogen-bond acceptors (Lipinski definition) is 3. The Balaban J connectivity index is 1.91. The predicted molar refractivity (Wildman–Crippen MR) is 80.0 cm³/mol. The van der Waals surface area contributed by atoms with Crippen LogP contribution in [-0.4, -0.2) is 20.0 Å². The molecule has 2 bridgehead atoms. The molecule has 4 rings (SSSR count). The van der Waals surface area contributed by atoms with Crippen LogP contribution >= 0.6 is 11.8 Å². The molecule has 1 saturated carbocycles. The first-order chi connectivity index (χ1) is 8.91. The van der Waals surface area contributed by atoms with Crippen LogP contribution < -0.4 is 0 Å². The average Bonchev–Trinajstić information content (AvgIpc) is 2.70. The highest BCUT2D eigenvalue weighted by Crippen LogP contribution is 2.61. The topological polar surface area (TPSA) is 30.7 Å². The lowest BCUT2D eigenvalue weighted by Crippen LogP contribution is -2.47. The third kappa shape index (κ3) is 1.95. The van der Waals surface area contributed by atoms with Gasteiger partial charge in [-0.05, 0) is 35.7 Å². The maximum Gasteiger partial charge on any atom is 0.191 e. The van der Waals surface area contributed by atoms with E-state index < -0.39 is 0 Å². The van der Waals surface area contributed by atoms with Gasteiger partial charge in [-0.25, -0.2) is 0 Å². The van der Waals surface area contributed by atoms with E-state index in [9.17, 15) is 0 Å². The van der Waals surface area contributed by atoms with Gasteiger partial charge in [0.2, 0.25) is 0 Å². The van der Waals surface area contributed by atoms with Crippen molar-refractivity contribution in [2.45, 2.75) is 50.9 Å². The normalized spacial score (nSPS) is 28.2. The summed E-state index contributed by atoms with van der Waals surface area (Å²) in [6.07, 6.45) is 4.94. The summed E-state index contributed by atoms with van der Waals surface area (Å²) < 4.78 is 2.17. The summed E-state index contributed by atoms with van der Waals surface area (Å²) in [4.78, 5) is 0. The maximum absolute atomic E-state index is 4.46. The fourth-order valence-electron chi connectivity index (χ4n) is 3.48. The Morgan fingerprint density at radius 2 is 2.11 bits per heavy atom. The maximum atomic E-state index is 4.46. The third-order valence-corrected chi connectivity index (χ3v) is 5.94. The molecule has 3 nitrogen and oxygen atoms in total. The van der Waals surface area contributed by atoms with Crippen LogP contribution in [0.3, 0.4) is 0 Å². The molecule has 104 valence electrons. The lowest BCUT2D eigenvalue weighted by Gasteiger charge is -2.56. The van der Waals surface area contributed by atoms with Gasteiger partial charge in [0.1, 0.15) is 0 Å². The standard InChI is InChI=1S/C15H23N3S/c1-9(2)19-14-17-16-13(18(14)5)11-7-6-10-8-12(11)15(10,3)4/h7,9-10,12H,6,8H2,1-5H3. The van der Waals surface area contributed by atoms with Crippen molar-refractivity contribution < 1.29 is 0 Å². The smallest absolute Gasteiger partial charge is 0.191 e. The summed E-state index contributed by atoms with van der Waals surface area (Å²) >= 11 is 1.79. The van der Waals surface area contributed by atoms with Crippen LogP contribution in [0, 0.1) is 17.3 Å². The molecule has 1 heterocycles. The zero-order chi connectivity index (χ0) is 13.8. The van der Waals surface area contributed by atoms with Crippen molar-refractivity contribution in [3.05, 3.63) is 11.9 Å². The molecular weight excluding hydrogens is 254 g/mol. The molecule has 3 aliphatic rings. The quantitative estimate of drug-likeness (QED) is 0.788. The predicted octanol–water partition coefficient (Wildman–Crippen LogP) is 3.77. The summed E-state index contributed by atoms with van der Waals surface area (Å²) in [6.45, 7) is 9.19. The first-order valence-corrected chi connectivity index (χ1v) is 8.05. The highest BCUT2D eigenvalue weighted by atomic mass is 32.2. The number of nitrogens with zero attached hydrogens (tertiary/aromatic N) is 3. The number of fused-ring (bicyclic) bond motifs is 1. The molecule has 1 aromatic rings. The Morgan fingerprint density at radius 1 is 1.37 bits per heavy atom. The molecule has 0 amide bonds. The highest BCUT2D eigenvalue weighted by molar-refractivity contribution is 7.99. The monoisotopic (exact) mass is 277 g/mol. The van der Waals surface area contributed by atoms with E-state index in [2.05, 4.69) is 55.6 Å². The van der Waals surface area contributed by atoms with E-state index in [-0.39, 0.29) is 0 Å². The second kappa shape index (κ2) is 4.37. The number of rotatable bonds is 3. The van der Waals surface area contributed by atoms with Gasteiger partial charge in [0.15, 0.2) is 11.0 Å². The van der Waals surface area contributed by atoms with E-state index in [0.717, 1.165) is 16.9 Å². The number of thioether (sulfide) groups is 1.